The Balaban J connectivity index is 2.84. The predicted octanol–water partition coefficient (Wildman–Crippen LogP) is 5.78. The van der Waals surface area contributed by atoms with Crippen molar-refractivity contribution in [3.05, 3.63) is 47.5 Å². The molecule has 0 saturated carbocycles. The van der Waals surface area contributed by atoms with Crippen molar-refractivity contribution in [1.82, 2.24) is 0 Å². The molecule has 22 heavy (non-hydrogen) atoms. The summed E-state index contributed by atoms with van der Waals surface area (Å²) in [6.45, 7) is 15.5. The van der Waals surface area contributed by atoms with Crippen LogP contribution in [0.2, 0.25) is 0 Å². The van der Waals surface area contributed by atoms with Gasteiger partial charge in [-0.1, -0.05) is 64.1 Å². The molecular weight excluding hydrogens is 270 g/mol. The van der Waals surface area contributed by atoms with Gasteiger partial charge < -0.3 is 0 Å². The molecule has 0 N–H and O–H groups in total. The summed E-state index contributed by atoms with van der Waals surface area (Å²) in [7, 11) is 1.68. The largest absolute Gasteiger partial charge is 0.264 e. The van der Waals surface area contributed by atoms with Crippen molar-refractivity contribution in [2.75, 3.05) is 7.05 Å². The van der Waals surface area contributed by atoms with Crippen LogP contribution < -0.4 is 0 Å². The summed E-state index contributed by atoms with van der Waals surface area (Å²) in [4.78, 5) is 4.64. The zero-order chi connectivity index (χ0) is 16.8. The third kappa shape index (κ3) is 5.55. The van der Waals surface area contributed by atoms with Crippen molar-refractivity contribution in [2.24, 2.45) is 20.6 Å². The first kappa shape index (κ1) is 18.3. The monoisotopic (exact) mass is 299 g/mol. The van der Waals surface area contributed by atoms with Gasteiger partial charge in [-0.25, -0.2) is 0 Å². The average Bonchev–Trinajstić information content (AvgIpc) is 2.45. The van der Waals surface area contributed by atoms with Crippen LogP contribution in [0.3, 0.4) is 0 Å². The lowest BCUT2D eigenvalue weighted by molar-refractivity contribution is 0.466. The highest BCUT2D eigenvalue weighted by molar-refractivity contribution is 5.83. The van der Waals surface area contributed by atoms with E-state index >= 15 is 0 Å². The van der Waals surface area contributed by atoms with Gasteiger partial charge in [-0.15, -0.1) is 5.11 Å². The number of hydrogen-bond acceptors (Lipinski definition) is 2. The van der Waals surface area contributed by atoms with Crippen LogP contribution in [0.4, 0.5) is 0 Å². The Bertz CT molecular complexity index is 549. The van der Waals surface area contributed by atoms with Gasteiger partial charge in [-0.05, 0) is 29.4 Å². The molecule has 0 amide bonds. The molecule has 0 aliphatic rings. The SMILES string of the molecule is C=C(C)C(C)(C)CC(N=NC)=NCc1ccc(C(C)C)cc1. The Morgan fingerprint density at radius 2 is 1.77 bits per heavy atom. The fourth-order valence-corrected chi connectivity index (χ4v) is 1.97. The number of allylic oxidation sites excluding steroid dienone is 1. The first-order valence-corrected chi connectivity index (χ1v) is 7.84. The molecule has 3 nitrogen and oxygen atoms in total. The molecule has 0 atom stereocenters. The fraction of sp³-hybridized carbons (Fsp3) is 0.526. The molecule has 1 aromatic rings. The number of rotatable bonds is 6. The lowest BCUT2D eigenvalue weighted by Crippen LogP contribution is -2.17. The molecule has 0 fully saturated rings. The number of hydrogen-bond donors (Lipinski definition) is 0. The summed E-state index contributed by atoms with van der Waals surface area (Å²) in [5.41, 5.74) is 3.66. The molecular formula is C19H29N3. The topological polar surface area (TPSA) is 37.1 Å². The smallest absolute Gasteiger partial charge is 0.146 e. The number of aliphatic imine (C=N–C) groups is 1. The van der Waals surface area contributed by atoms with Crippen molar-refractivity contribution >= 4 is 5.84 Å². The van der Waals surface area contributed by atoms with Gasteiger partial charge in [0.15, 0.2) is 0 Å². The maximum atomic E-state index is 4.64. The summed E-state index contributed by atoms with van der Waals surface area (Å²) in [6.07, 6.45) is 0.754. The first-order chi connectivity index (χ1) is 10.3. The second kappa shape index (κ2) is 8.02. The molecule has 0 aliphatic heterocycles. The zero-order valence-electron chi connectivity index (χ0n) is 14.8. The van der Waals surface area contributed by atoms with Crippen LogP contribution in [-0.4, -0.2) is 12.9 Å². The van der Waals surface area contributed by atoms with Crippen molar-refractivity contribution in [3.63, 3.8) is 0 Å². The summed E-state index contributed by atoms with van der Waals surface area (Å²) in [5.74, 6) is 1.34. The van der Waals surface area contributed by atoms with Crippen LogP contribution >= 0.6 is 0 Å². The maximum Gasteiger partial charge on any atom is 0.146 e. The molecule has 0 spiro atoms. The Kier molecular flexibility index (Phi) is 6.66. The molecule has 1 rings (SSSR count). The normalized spacial score (nSPS) is 13.1. The summed E-state index contributed by atoms with van der Waals surface area (Å²) >= 11 is 0. The minimum absolute atomic E-state index is 0.0193. The third-order valence-corrected chi connectivity index (χ3v) is 4.06. The Morgan fingerprint density at radius 3 is 2.23 bits per heavy atom. The minimum atomic E-state index is -0.0193. The molecule has 0 bridgehead atoms. The zero-order valence-corrected chi connectivity index (χ0v) is 14.8. The van der Waals surface area contributed by atoms with Crippen molar-refractivity contribution in [1.29, 1.82) is 0 Å². The number of nitrogens with zero attached hydrogens (tertiary/aromatic N) is 3. The molecule has 0 unspecified atom stereocenters. The Labute approximate surface area is 135 Å². The maximum absolute atomic E-state index is 4.64. The van der Waals surface area contributed by atoms with Gasteiger partial charge in [0.05, 0.1) is 6.54 Å². The Morgan fingerprint density at radius 1 is 1.18 bits per heavy atom. The highest BCUT2D eigenvalue weighted by Crippen LogP contribution is 2.29. The van der Waals surface area contributed by atoms with Gasteiger partial charge in [0, 0.05) is 13.5 Å². The summed E-state index contributed by atoms with van der Waals surface area (Å²) in [5, 5.41) is 8.08. The minimum Gasteiger partial charge on any atom is -0.264 e. The lowest BCUT2D eigenvalue weighted by atomic mass is 9.82. The van der Waals surface area contributed by atoms with Crippen LogP contribution in [-0.2, 0) is 6.54 Å². The van der Waals surface area contributed by atoms with Crippen LogP contribution in [0, 0.1) is 5.41 Å². The van der Waals surface area contributed by atoms with Crippen molar-refractivity contribution in [2.45, 2.75) is 53.5 Å². The highest BCUT2D eigenvalue weighted by Gasteiger charge is 2.21. The van der Waals surface area contributed by atoms with Gasteiger partial charge in [0.1, 0.15) is 5.84 Å². The number of benzene rings is 1. The molecule has 0 heterocycles. The molecule has 0 aromatic heterocycles. The molecule has 1 aromatic carbocycles. The quantitative estimate of drug-likeness (QED) is 0.276. The molecule has 120 valence electrons. The second-order valence-corrected chi connectivity index (χ2v) is 6.77. The molecule has 3 heteroatoms. The van der Waals surface area contributed by atoms with E-state index in [0.717, 1.165) is 17.8 Å². The van der Waals surface area contributed by atoms with E-state index in [0.29, 0.717) is 12.5 Å². The van der Waals surface area contributed by atoms with Gasteiger partial charge >= 0.3 is 0 Å². The van der Waals surface area contributed by atoms with Crippen LogP contribution in [0.5, 0.6) is 0 Å². The van der Waals surface area contributed by atoms with Crippen molar-refractivity contribution < 1.29 is 0 Å². The third-order valence-electron chi connectivity index (χ3n) is 4.06. The number of amidine groups is 1. The summed E-state index contributed by atoms with van der Waals surface area (Å²) in [6, 6.07) is 8.63. The van der Waals surface area contributed by atoms with E-state index in [4.69, 9.17) is 0 Å². The standard InChI is InChI=1S/C19H29N3/c1-14(2)17-10-8-16(9-11-17)13-21-18(22-20-7)12-19(5,6)15(3)4/h8-11,14H,3,12-13H2,1-2,4-7H3. The molecule has 0 radical (unpaired) electrons. The molecule has 0 saturated heterocycles. The van der Waals surface area contributed by atoms with Gasteiger partial charge in [0.2, 0.25) is 0 Å². The van der Waals surface area contributed by atoms with E-state index in [9.17, 15) is 0 Å². The van der Waals surface area contributed by atoms with Crippen molar-refractivity contribution in [3.8, 4) is 0 Å². The Hall–Kier alpha value is -1.77. The van der Waals surface area contributed by atoms with Gasteiger partial charge in [-0.3, -0.25) is 4.99 Å². The van der Waals surface area contributed by atoms with Gasteiger partial charge in [-0.2, -0.15) is 5.11 Å². The van der Waals surface area contributed by atoms with Crippen LogP contribution in [0.15, 0.2) is 51.6 Å². The van der Waals surface area contributed by atoms with E-state index in [1.165, 1.54) is 11.1 Å². The summed E-state index contributed by atoms with van der Waals surface area (Å²) < 4.78 is 0. The van der Waals surface area contributed by atoms with Gasteiger partial charge in [0.25, 0.3) is 0 Å². The van der Waals surface area contributed by atoms with Crippen LogP contribution in [0.1, 0.15) is 58.1 Å². The highest BCUT2D eigenvalue weighted by atomic mass is 15.1. The predicted molar refractivity (Wildman–Crippen MR) is 95.7 cm³/mol. The molecule has 0 aliphatic carbocycles. The van der Waals surface area contributed by atoms with E-state index in [-0.39, 0.29) is 5.41 Å². The first-order valence-electron chi connectivity index (χ1n) is 7.84. The number of azo groups is 1. The van der Waals surface area contributed by atoms with E-state index in [1.807, 2.05) is 6.92 Å². The second-order valence-electron chi connectivity index (χ2n) is 6.77. The van der Waals surface area contributed by atoms with Crippen LogP contribution in [0.25, 0.3) is 0 Å². The lowest BCUT2D eigenvalue weighted by Gasteiger charge is -2.24. The van der Waals surface area contributed by atoms with E-state index in [2.05, 4.69) is 73.8 Å². The van der Waals surface area contributed by atoms with E-state index < -0.39 is 0 Å². The fourth-order valence-electron chi connectivity index (χ4n) is 1.97. The average molecular weight is 299 g/mol. The van der Waals surface area contributed by atoms with E-state index in [1.54, 1.807) is 7.05 Å².